The van der Waals surface area contributed by atoms with Gasteiger partial charge < -0.3 is 15.0 Å². The van der Waals surface area contributed by atoms with E-state index in [4.69, 9.17) is 16.3 Å². The van der Waals surface area contributed by atoms with Crippen LogP contribution in [0.1, 0.15) is 54.4 Å². The number of benzene rings is 3. The zero-order valence-electron chi connectivity index (χ0n) is 22.6. The van der Waals surface area contributed by atoms with Gasteiger partial charge in [0.1, 0.15) is 11.8 Å². The summed E-state index contributed by atoms with van der Waals surface area (Å²) in [6.45, 7) is 4.08. The first-order chi connectivity index (χ1) is 18.8. The van der Waals surface area contributed by atoms with E-state index in [1.807, 2.05) is 68.4 Å². The maximum Gasteiger partial charge on any atom is 0.261 e. The molecule has 1 atom stereocenters. The number of halogens is 2. The Balaban J connectivity index is 1.61. The van der Waals surface area contributed by atoms with Crippen LogP contribution < -0.4 is 10.1 Å². The highest BCUT2D eigenvalue weighted by Crippen LogP contribution is 2.27. The lowest BCUT2D eigenvalue weighted by Gasteiger charge is -2.33. The molecule has 0 heterocycles. The summed E-state index contributed by atoms with van der Waals surface area (Å²) in [5.74, 6) is 0.255. The monoisotopic (exact) mass is 610 g/mol. The highest BCUT2D eigenvalue weighted by atomic mass is 79.9. The molecule has 3 aromatic carbocycles. The van der Waals surface area contributed by atoms with Gasteiger partial charge in [0, 0.05) is 28.5 Å². The molecule has 0 radical (unpaired) electrons. The molecule has 0 aliphatic heterocycles. The van der Waals surface area contributed by atoms with Gasteiger partial charge in [-0.25, -0.2) is 0 Å². The summed E-state index contributed by atoms with van der Waals surface area (Å²) >= 11 is 9.71. The molecule has 0 bridgehead atoms. The zero-order chi connectivity index (χ0) is 27.8. The number of rotatable bonds is 10. The van der Waals surface area contributed by atoms with E-state index in [1.165, 1.54) is 6.42 Å². The third kappa shape index (κ3) is 8.33. The van der Waals surface area contributed by atoms with E-state index < -0.39 is 6.04 Å². The van der Waals surface area contributed by atoms with E-state index >= 15 is 0 Å². The highest BCUT2D eigenvalue weighted by Gasteiger charge is 2.32. The largest absolute Gasteiger partial charge is 0.484 e. The molecule has 4 rings (SSSR count). The molecule has 5 nitrogen and oxygen atoms in total. The number of hydrogen-bond acceptors (Lipinski definition) is 3. The van der Waals surface area contributed by atoms with Gasteiger partial charge in [-0.15, -0.1) is 0 Å². The Kier molecular flexibility index (Phi) is 10.5. The average Bonchev–Trinajstić information content (AvgIpc) is 2.94. The third-order valence-corrected chi connectivity index (χ3v) is 8.76. The molecule has 39 heavy (non-hydrogen) atoms. The molecular formula is C32H36BrClN2O3. The Morgan fingerprint density at radius 1 is 0.974 bits per heavy atom. The average molecular weight is 612 g/mol. The number of nitrogens with one attached hydrogen (secondary N) is 1. The van der Waals surface area contributed by atoms with Gasteiger partial charge in [0.2, 0.25) is 5.91 Å². The van der Waals surface area contributed by atoms with Crippen molar-refractivity contribution in [3.63, 3.8) is 0 Å². The fourth-order valence-corrected chi connectivity index (χ4v) is 5.46. The molecule has 1 fully saturated rings. The topological polar surface area (TPSA) is 58.6 Å². The van der Waals surface area contributed by atoms with Gasteiger partial charge in [-0.1, -0.05) is 89.3 Å². The summed E-state index contributed by atoms with van der Waals surface area (Å²) in [5.41, 5.74) is 3.95. The standard InChI is InChI=1S/C32H36BrClN2O3/c1-22-17-28(18-23(2)31(22)33)39-21-30(37)36(20-25-13-15-26(34)16-14-25)29(19-24-9-5-3-6-10-24)32(38)35-27-11-7-4-8-12-27/h3,5-6,9-10,13-18,27,29H,4,7-8,11-12,19-21H2,1-2H3,(H,35,38). The summed E-state index contributed by atoms with van der Waals surface area (Å²) in [5, 5.41) is 3.89. The van der Waals surface area contributed by atoms with E-state index in [9.17, 15) is 9.59 Å². The summed E-state index contributed by atoms with van der Waals surface area (Å²) < 4.78 is 7.01. The summed E-state index contributed by atoms with van der Waals surface area (Å²) in [7, 11) is 0. The first-order valence-electron chi connectivity index (χ1n) is 13.6. The zero-order valence-corrected chi connectivity index (χ0v) is 24.9. The van der Waals surface area contributed by atoms with Crippen LogP contribution in [0.15, 0.2) is 71.2 Å². The fraction of sp³-hybridized carbons (Fsp3) is 0.375. The van der Waals surface area contributed by atoms with Crippen LogP contribution in [-0.2, 0) is 22.6 Å². The predicted molar refractivity (Wildman–Crippen MR) is 160 cm³/mol. The highest BCUT2D eigenvalue weighted by molar-refractivity contribution is 9.10. The molecule has 3 aromatic rings. The van der Waals surface area contributed by atoms with Gasteiger partial charge in [0.05, 0.1) is 0 Å². The van der Waals surface area contributed by atoms with Crippen molar-refractivity contribution >= 4 is 39.3 Å². The van der Waals surface area contributed by atoms with Gasteiger partial charge in [0.15, 0.2) is 6.61 Å². The fourth-order valence-electron chi connectivity index (χ4n) is 5.10. The van der Waals surface area contributed by atoms with Crippen LogP contribution in [0, 0.1) is 13.8 Å². The molecule has 2 amide bonds. The van der Waals surface area contributed by atoms with Crippen LogP contribution in [0.25, 0.3) is 0 Å². The van der Waals surface area contributed by atoms with Crippen molar-refractivity contribution in [2.75, 3.05) is 6.61 Å². The Hall–Kier alpha value is -2.83. The number of carbonyl (C=O) groups is 2. The van der Waals surface area contributed by atoms with Crippen molar-refractivity contribution in [2.24, 2.45) is 0 Å². The summed E-state index contributed by atoms with van der Waals surface area (Å²) in [6, 6.07) is 20.5. The quantitative estimate of drug-likeness (QED) is 0.264. The van der Waals surface area contributed by atoms with Crippen molar-refractivity contribution in [2.45, 2.75) is 71.0 Å². The van der Waals surface area contributed by atoms with Crippen LogP contribution in [0.5, 0.6) is 5.75 Å². The van der Waals surface area contributed by atoms with E-state index in [0.717, 1.165) is 52.4 Å². The first kappa shape index (κ1) is 29.2. The Bertz CT molecular complexity index is 1240. The maximum atomic E-state index is 13.8. The van der Waals surface area contributed by atoms with E-state index in [2.05, 4.69) is 21.2 Å². The minimum absolute atomic E-state index is 0.122. The minimum Gasteiger partial charge on any atom is -0.484 e. The van der Waals surface area contributed by atoms with Crippen LogP contribution in [-0.4, -0.2) is 35.4 Å². The Labute approximate surface area is 245 Å². The number of ether oxygens (including phenoxy) is 1. The lowest BCUT2D eigenvalue weighted by atomic mass is 9.94. The maximum absolute atomic E-state index is 13.8. The second-order valence-corrected chi connectivity index (χ2v) is 11.6. The molecular weight excluding hydrogens is 576 g/mol. The van der Waals surface area contributed by atoms with Crippen molar-refractivity contribution in [1.29, 1.82) is 0 Å². The summed E-state index contributed by atoms with van der Waals surface area (Å²) in [4.78, 5) is 29.3. The predicted octanol–water partition coefficient (Wildman–Crippen LogP) is 7.19. The Morgan fingerprint density at radius 2 is 1.62 bits per heavy atom. The van der Waals surface area contributed by atoms with E-state index in [-0.39, 0.29) is 31.0 Å². The molecule has 0 spiro atoms. The molecule has 0 saturated heterocycles. The van der Waals surface area contributed by atoms with Gasteiger partial charge >= 0.3 is 0 Å². The van der Waals surface area contributed by atoms with Gasteiger partial charge in [-0.2, -0.15) is 0 Å². The molecule has 1 N–H and O–H groups in total. The molecule has 206 valence electrons. The number of aryl methyl sites for hydroxylation is 2. The number of amides is 2. The lowest BCUT2D eigenvalue weighted by Crippen LogP contribution is -2.53. The second-order valence-electron chi connectivity index (χ2n) is 10.4. The van der Waals surface area contributed by atoms with Crippen LogP contribution in [0.4, 0.5) is 0 Å². The normalized spacial score (nSPS) is 14.5. The lowest BCUT2D eigenvalue weighted by molar-refractivity contribution is -0.143. The molecule has 1 saturated carbocycles. The third-order valence-electron chi connectivity index (χ3n) is 7.26. The molecule has 7 heteroatoms. The molecule has 0 aromatic heterocycles. The SMILES string of the molecule is Cc1cc(OCC(=O)N(Cc2ccc(Cl)cc2)C(Cc2ccccc2)C(=O)NC2CCCCC2)cc(C)c1Br. The number of nitrogens with zero attached hydrogens (tertiary/aromatic N) is 1. The molecule has 1 aliphatic rings. The van der Waals surface area contributed by atoms with Gasteiger partial charge in [-0.05, 0) is 73.2 Å². The van der Waals surface area contributed by atoms with Crippen molar-refractivity contribution in [3.8, 4) is 5.75 Å². The first-order valence-corrected chi connectivity index (χ1v) is 14.7. The van der Waals surface area contributed by atoms with Gasteiger partial charge in [0.25, 0.3) is 5.91 Å². The van der Waals surface area contributed by atoms with Crippen LogP contribution in [0.2, 0.25) is 5.02 Å². The molecule has 1 unspecified atom stereocenters. The molecule has 1 aliphatic carbocycles. The second kappa shape index (κ2) is 14.0. The van der Waals surface area contributed by atoms with Crippen molar-refractivity contribution in [3.05, 3.63) is 98.5 Å². The van der Waals surface area contributed by atoms with Crippen LogP contribution >= 0.6 is 27.5 Å². The van der Waals surface area contributed by atoms with Crippen LogP contribution in [0.3, 0.4) is 0 Å². The van der Waals surface area contributed by atoms with Gasteiger partial charge in [-0.3, -0.25) is 9.59 Å². The Morgan fingerprint density at radius 3 is 2.26 bits per heavy atom. The van der Waals surface area contributed by atoms with Crippen molar-refractivity contribution < 1.29 is 14.3 Å². The minimum atomic E-state index is -0.686. The number of hydrogen-bond donors (Lipinski definition) is 1. The van der Waals surface area contributed by atoms with E-state index in [0.29, 0.717) is 17.2 Å². The van der Waals surface area contributed by atoms with Crippen molar-refractivity contribution in [1.82, 2.24) is 10.2 Å². The number of carbonyl (C=O) groups excluding carboxylic acids is 2. The van der Waals surface area contributed by atoms with E-state index in [1.54, 1.807) is 17.0 Å². The smallest absolute Gasteiger partial charge is 0.261 e. The summed E-state index contributed by atoms with van der Waals surface area (Å²) in [6.07, 6.45) is 5.78.